The second-order valence-electron chi connectivity index (χ2n) is 3.55. The maximum Gasteiger partial charge on any atom is 0.170 e. The summed E-state index contributed by atoms with van der Waals surface area (Å²) in [4.78, 5) is 0. The number of hydrogen-bond acceptors (Lipinski definition) is 3. The van der Waals surface area contributed by atoms with Crippen LogP contribution in [0.5, 0.6) is 0 Å². The van der Waals surface area contributed by atoms with Crippen molar-refractivity contribution in [3.8, 4) is 6.07 Å². The van der Waals surface area contributed by atoms with Crippen LogP contribution in [0.2, 0.25) is 0 Å². The summed E-state index contributed by atoms with van der Waals surface area (Å²) in [5.41, 5.74) is 3.14. The van der Waals surface area contributed by atoms with E-state index < -0.39 is 12.2 Å². The highest BCUT2D eigenvalue weighted by molar-refractivity contribution is 5.39. The van der Waals surface area contributed by atoms with Gasteiger partial charge in [0.2, 0.25) is 0 Å². The SMILES string of the molecule is N#CC(O)C(O)c1ccc2c(c1)CC2. The van der Waals surface area contributed by atoms with Gasteiger partial charge in [-0.25, -0.2) is 0 Å². The molecule has 2 unspecified atom stereocenters. The van der Waals surface area contributed by atoms with E-state index in [2.05, 4.69) is 0 Å². The molecular formula is C11H11NO2. The molecule has 3 heteroatoms. The van der Waals surface area contributed by atoms with E-state index in [0.29, 0.717) is 5.56 Å². The normalized spacial score (nSPS) is 17.5. The Morgan fingerprint density at radius 1 is 1.21 bits per heavy atom. The topological polar surface area (TPSA) is 64.2 Å². The summed E-state index contributed by atoms with van der Waals surface area (Å²) in [5, 5.41) is 27.1. The van der Waals surface area contributed by atoms with Gasteiger partial charge in [0.15, 0.2) is 6.10 Å². The summed E-state index contributed by atoms with van der Waals surface area (Å²) in [6, 6.07) is 7.20. The van der Waals surface area contributed by atoms with Crippen LogP contribution in [0.25, 0.3) is 0 Å². The standard InChI is InChI=1S/C11H11NO2/c12-6-10(13)11(14)9-4-2-7-1-3-8(7)5-9/h2,4-5,10-11,13-14H,1,3H2. The third kappa shape index (κ3) is 1.39. The molecule has 1 aliphatic rings. The molecule has 0 fully saturated rings. The fourth-order valence-corrected chi connectivity index (χ4v) is 1.65. The van der Waals surface area contributed by atoms with E-state index in [9.17, 15) is 5.11 Å². The van der Waals surface area contributed by atoms with Crippen LogP contribution < -0.4 is 0 Å². The van der Waals surface area contributed by atoms with Crippen molar-refractivity contribution in [1.82, 2.24) is 0 Å². The number of aliphatic hydroxyl groups is 2. The first-order chi connectivity index (χ1) is 6.72. The van der Waals surface area contributed by atoms with Gasteiger partial charge >= 0.3 is 0 Å². The Kier molecular flexibility index (Phi) is 2.24. The van der Waals surface area contributed by atoms with Crippen LogP contribution in [0.4, 0.5) is 0 Å². The summed E-state index contributed by atoms with van der Waals surface area (Å²) in [6.07, 6.45) is -0.315. The number of aryl methyl sites for hydroxylation is 2. The maximum absolute atomic E-state index is 9.56. The van der Waals surface area contributed by atoms with Crippen molar-refractivity contribution < 1.29 is 10.2 Å². The highest BCUT2D eigenvalue weighted by atomic mass is 16.3. The molecule has 0 heterocycles. The third-order valence-corrected chi connectivity index (χ3v) is 2.67. The molecule has 0 radical (unpaired) electrons. The van der Waals surface area contributed by atoms with Gasteiger partial charge in [0.05, 0.1) is 6.07 Å². The van der Waals surface area contributed by atoms with Crippen molar-refractivity contribution in [2.75, 3.05) is 0 Å². The van der Waals surface area contributed by atoms with Gasteiger partial charge in [0.25, 0.3) is 0 Å². The van der Waals surface area contributed by atoms with Crippen molar-refractivity contribution in [2.45, 2.75) is 25.0 Å². The molecule has 2 rings (SSSR count). The smallest absolute Gasteiger partial charge is 0.170 e. The van der Waals surface area contributed by atoms with Crippen molar-refractivity contribution in [3.63, 3.8) is 0 Å². The van der Waals surface area contributed by atoms with Crippen LogP contribution in [0.1, 0.15) is 22.8 Å². The Morgan fingerprint density at radius 2 is 1.93 bits per heavy atom. The Bertz CT molecular complexity index is 395. The van der Waals surface area contributed by atoms with E-state index in [1.807, 2.05) is 12.1 Å². The summed E-state index contributed by atoms with van der Waals surface area (Å²) < 4.78 is 0. The fourth-order valence-electron chi connectivity index (χ4n) is 1.65. The highest BCUT2D eigenvalue weighted by Gasteiger charge is 2.20. The van der Waals surface area contributed by atoms with Gasteiger partial charge in [-0.15, -0.1) is 0 Å². The van der Waals surface area contributed by atoms with Crippen LogP contribution >= 0.6 is 0 Å². The maximum atomic E-state index is 9.56. The molecule has 2 N–H and O–H groups in total. The van der Waals surface area contributed by atoms with Gasteiger partial charge in [-0.05, 0) is 29.5 Å². The molecule has 1 aliphatic carbocycles. The Balaban J connectivity index is 2.25. The molecule has 0 saturated heterocycles. The zero-order valence-electron chi connectivity index (χ0n) is 7.64. The average Bonchev–Trinajstić information content (AvgIpc) is 2.18. The van der Waals surface area contributed by atoms with E-state index in [1.54, 1.807) is 12.1 Å². The molecule has 0 bridgehead atoms. The van der Waals surface area contributed by atoms with Gasteiger partial charge in [0.1, 0.15) is 6.10 Å². The minimum absolute atomic E-state index is 0.623. The van der Waals surface area contributed by atoms with Crippen molar-refractivity contribution in [3.05, 3.63) is 34.9 Å². The Labute approximate surface area is 82.2 Å². The highest BCUT2D eigenvalue weighted by Crippen LogP contribution is 2.27. The van der Waals surface area contributed by atoms with Crippen molar-refractivity contribution >= 4 is 0 Å². The van der Waals surface area contributed by atoms with Crippen LogP contribution in [0.3, 0.4) is 0 Å². The minimum atomic E-state index is -1.34. The lowest BCUT2D eigenvalue weighted by atomic mass is 9.86. The number of nitrogens with zero attached hydrogens (tertiary/aromatic N) is 1. The molecule has 72 valence electrons. The van der Waals surface area contributed by atoms with Crippen LogP contribution in [0.15, 0.2) is 18.2 Å². The number of aliphatic hydroxyl groups excluding tert-OH is 2. The van der Waals surface area contributed by atoms with E-state index in [0.717, 1.165) is 12.8 Å². The molecule has 2 atom stereocenters. The lowest BCUT2D eigenvalue weighted by Gasteiger charge is -2.21. The zero-order chi connectivity index (χ0) is 10.1. The predicted octanol–water partition coefficient (Wildman–Crippen LogP) is 0.703. The lowest BCUT2D eigenvalue weighted by Crippen LogP contribution is -2.17. The molecule has 0 saturated carbocycles. The monoisotopic (exact) mass is 189 g/mol. The molecule has 0 aromatic heterocycles. The Morgan fingerprint density at radius 3 is 2.43 bits per heavy atom. The second-order valence-corrected chi connectivity index (χ2v) is 3.55. The van der Waals surface area contributed by atoms with Crippen molar-refractivity contribution in [2.24, 2.45) is 0 Å². The van der Waals surface area contributed by atoms with Crippen LogP contribution in [-0.4, -0.2) is 16.3 Å². The minimum Gasteiger partial charge on any atom is -0.385 e. The molecule has 0 spiro atoms. The van der Waals surface area contributed by atoms with E-state index in [4.69, 9.17) is 10.4 Å². The number of hydrogen-bond donors (Lipinski definition) is 2. The number of nitriles is 1. The lowest BCUT2D eigenvalue weighted by molar-refractivity contribution is 0.0527. The molecule has 14 heavy (non-hydrogen) atoms. The fraction of sp³-hybridized carbons (Fsp3) is 0.364. The molecule has 1 aromatic carbocycles. The average molecular weight is 189 g/mol. The number of fused-ring (bicyclic) bond motifs is 1. The molecule has 1 aromatic rings. The summed E-state index contributed by atoms with van der Waals surface area (Å²) in [7, 11) is 0. The van der Waals surface area contributed by atoms with Crippen molar-refractivity contribution in [1.29, 1.82) is 5.26 Å². The molecular weight excluding hydrogens is 178 g/mol. The quantitative estimate of drug-likeness (QED) is 0.673. The summed E-state index contributed by atoms with van der Waals surface area (Å²) >= 11 is 0. The first-order valence-corrected chi connectivity index (χ1v) is 4.60. The van der Waals surface area contributed by atoms with Gasteiger partial charge < -0.3 is 10.2 Å². The first kappa shape index (κ1) is 9.20. The van der Waals surface area contributed by atoms with Crippen LogP contribution in [0, 0.1) is 11.3 Å². The predicted molar refractivity (Wildman–Crippen MR) is 50.4 cm³/mol. The largest absolute Gasteiger partial charge is 0.385 e. The zero-order valence-corrected chi connectivity index (χ0v) is 7.64. The van der Waals surface area contributed by atoms with Crippen LogP contribution in [-0.2, 0) is 12.8 Å². The Hall–Kier alpha value is -1.37. The van der Waals surface area contributed by atoms with E-state index in [1.165, 1.54) is 11.1 Å². The second kappa shape index (κ2) is 3.41. The van der Waals surface area contributed by atoms with E-state index in [-0.39, 0.29) is 0 Å². The number of rotatable bonds is 2. The van der Waals surface area contributed by atoms with Gasteiger partial charge in [-0.1, -0.05) is 18.2 Å². The molecule has 0 amide bonds. The van der Waals surface area contributed by atoms with E-state index >= 15 is 0 Å². The summed E-state index contributed by atoms with van der Waals surface area (Å²) in [5.74, 6) is 0. The number of benzene rings is 1. The summed E-state index contributed by atoms with van der Waals surface area (Å²) in [6.45, 7) is 0. The third-order valence-electron chi connectivity index (χ3n) is 2.67. The van der Waals surface area contributed by atoms with Gasteiger partial charge in [-0.3, -0.25) is 0 Å². The first-order valence-electron chi connectivity index (χ1n) is 4.60. The molecule has 0 aliphatic heterocycles. The molecule has 3 nitrogen and oxygen atoms in total. The van der Waals surface area contributed by atoms with Gasteiger partial charge in [-0.2, -0.15) is 5.26 Å². The van der Waals surface area contributed by atoms with Gasteiger partial charge in [0, 0.05) is 0 Å².